The zero-order chi connectivity index (χ0) is 8.86. The first-order chi connectivity index (χ1) is 4.77. The first-order valence-corrected chi connectivity index (χ1v) is 3.72. The summed E-state index contributed by atoms with van der Waals surface area (Å²) in [7, 11) is 0. The highest BCUT2D eigenvalue weighted by Crippen LogP contribution is 2.37. The largest absolute Gasteiger partial charge is 0.357 e. The Kier molecular flexibility index (Phi) is 1.50. The summed E-state index contributed by atoms with van der Waals surface area (Å²) >= 11 is 0. The lowest BCUT2D eigenvalue weighted by Gasteiger charge is -2.21. The van der Waals surface area contributed by atoms with Gasteiger partial charge in [-0.1, -0.05) is 6.58 Å². The van der Waals surface area contributed by atoms with Crippen molar-refractivity contribution >= 4 is 5.78 Å². The van der Waals surface area contributed by atoms with Crippen molar-refractivity contribution in [3.63, 3.8) is 0 Å². The minimum Gasteiger partial charge on any atom is -0.357 e. The average molecular weight is 154 g/mol. The van der Waals surface area contributed by atoms with E-state index in [0.717, 1.165) is 0 Å². The number of Topliss-reactive ketones (excluding diaryl/α,β-unsaturated/α-hetero) is 1. The SMILES string of the molecule is C=C1C(=O)C(C)(C)OC1(C)C. The summed E-state index contributed by atoms with van der Waals surface area (Å²) in [6, 6.07) is 0. The quantitative estimate of drug-likeness (QED) is 0.496. The van der Waals surface area contributed by atoms with Gasteiger partial charge < -0.3 is 4.74 Å². The standard InChI is InChI=1S/C9H14O2/c1-6-7(10)9(4,5)11-8(6,2)3/h1H2,2-5H3. The molecule has 1 aliphatic heterocycles. The summed E-state index contributed by atoms with van der Waals surface area (Å²) < 4.78 is 5.51. The van der Waals surface area contributed by atoms with E-state index in [0.29, 0.717) is 5.57 Å². The highest BCUT2D eigenvalue weighted by Gasteiger charge is 2.48. The fourth-order valence-electron chi connectivity index (χ4n) is 1.38. The van der Waals surface area contributed by atoms with Gasteiger partial charge in [-0.25, -0.2) is 0 Å². The molecule has 0 amide bonds. The minimum atomic E-state index is -0.680. The number of carbonyl (C=O) groups is 1. The Morgan fingerprint density at radius 2 is 1.64 bits per heavy atom. The van der Waals surface area contributed by atoms with Crippen LogP contribution in [0.3, 0.4) is 0 Å². The smallest absolute Gasteiger partial charge is 0.192 e. The number of hydrogen-bond donors (Lipinski definition) is 0. The number of ether oxygens (including phenoxy) is 1. The van der Waals surface area contributed by atoms with Crippen LogP contribution >= 0.6 is 0 Å². The Labute approximate surface area is 67.2 Å². The topological polar surface area (TPSA) is 26.3 Å². The van der Waals surface area contributed by atoms with Crippen LogP contribution in [0.4, 0.5) is 0 Å². The van der Waals surface area contributed by atoms with E-state index in [1.54, 1.807) is 13.8 Å². The van der Waals surface area contributed by atoms with Crippen LogP contribution in [-0.4, -0.2) is 17.0 Å². The molecule has 2 nitrogen and oxygen atoms in total. The van der Waals surface area contributed by atoms with E-state index in [9.17, 15) is 4.79 Å². The third kappa shape index (κ3) is 1.11. The van der Waals surface area contributed by atoms with Gasteiger partial charge in [-0.15, -0.1) is 0 Å². The molecule has 1 fully saturated rings. The Balaban J connectivity index is 3.06. The number of carbonyl (C=O) groups excluding carboxylic acids is 1. The summed E-state index contributed by atoms with van der Waals surface area (Å²) in [5.41, 5.74) is -0.594. The predicted molar refractivity (Wildman–Crippen MR) is 43.4 cm³/mol. The zero-order valence-corrected chi connectivity index (χ0v) is 7.52. The summed E-state index contributed by atoms with van der Waals surface area (Å²) in [5, 5.41) is 0. The van der Waals surface area contributed by atoms with Crippen molar-refractivity contribution in [2.24, 2.45) is 0 Å². The molecule has 0 N–H and O–H groups in total. The molecule has 1 heterocycles. The lowest BCUT2D eigenvalue weighted by Crippen LogP contribution is -2.29. The molecule has 0 radical (unpaired) electrons. The highest BCUT2D eigenvalue weighted by atomic mass is 16.5. The van der Waals surface area contributed by atoms with E-state index in [4.69, 9.17) is 4.74 Å². The maximum atomic E-state index is 11.4. The van der Waals surface area contributed by atoms with E-state index in [-0.39, 0.29) is 5.78 Å². The Morgan fingerprint density at radius 3 is 1.73 bits per heavy atom. The van der Waals surface area contributed by atoms with Crippen LogP contribution < -0.4 is 0 Å². The Morgan fingerprint density at radius 1 is 1.18 bits per heavy atom. The van der Waals surface area contributed by atoms with Crippen LogP contribution in [0.5, 0.6) is 0 Å². The van der Waals surface area contributed by atoms with Crippen LogP contribution in [0, 0.1) is 0 Å². The van der Waals surface area contributed by atoms with Crippen molar-refractivity contribution in [3.8, 4) is 0 Å². The molecule has 0 bridgehead atoms. The maximum absolute atomic E-state index is 11.4. The second kappa shape index (κ2) is 1.95. The molecule has 1 aliphatic rings. The first-order valence-electron chi connectivity index (χ1n) is 3.72. The van der Waals surface area contributed by atoms with Crippen molar-refractivity contribution in [1.82, 2.24) is 0 Å². The molecule has 1 rings (SSSR count). The van der Waals surface area contributed by atoms with Gasteiger partial charge in [0.25, 0.3) is 0 Å². The molecule has 62 valence electrons. The van der Waals surface area contributed by atoms with E-state index in [1.807, 2.05) is 13.8 Å². The number of hydrogen-bond acceptors (Lipinski definition) is 2. The van der Waals surface area contributed by atoms with Crippen LogP contribution in [0.15, 0.2) is 12.2 Å². The maximum Gasteiger partial charge on any atom is 0.192 e. The number of ketones is 1. The lowest BCUT2D eigenvalue weighted by atomic mass is 9.94. The first kappa shape index (κ1) is 8.47. The molecule has 0 aromatic rings. The van der Waals surface area contributed by atoms with Crippen molar-refractivity contribution < 1.29 is 9.53 Å². The summed E-state index contributed by atoms with van der Waals surface area (Å²) in [6.07, 6.45) is 0. The van der Waals surface area contributed by atoms with Crippen LogP contribution in [-0.2, 0) is 9.53 Å². The molecule has 0 aromatic heterocycles. The van der Waals surface area contributed by atoms with Gasteiger partial charge in [-0.2, -0.15) is 0 Å². The Hall–Kier alpha value is -0.630. The van der Waals surface area contributed by atoms with Crippen LogP contribution in [0.2, 0.25) is 0 Å². The zero-order valence-electron chi connectivity index (χ0n) is 7.52. The molecule has 0 aromatic carbocycles. The number of rotatable bonds is 0. The van der Waals surface area contributed by atoms with Gasteiger partial charge in [-0.05, 0) is 27.7 Å². The van der Waals surface area contributed by atoms with Gasteiger partial charge in [0.05, 0.1) is 5.60 Å². The van der Waals surface area contributed by atoms with Gasteiger partial charge >= 0.3 is 0 Å². The van der Waals surface area contributed by atoms with Gasteiger partial charge in [0, 0.05) is 5.57 Å². The minimum absolute atomic E-state index is 0.0162. The monoisotopic (exact) mass is 154 g/mol. The van der Waals surface area contributed by atoms with Gasteiger partial charge in [0.15, 0.2) is 5.78 Å². The molecule has 0 saturated carbocycles. The molecule has 0 spiro atoms. The van der Waals surface area contributed by atoms with E-state index < -0.39 is 11.2 Å². The van der Waals surface area contributed by atoms with Gasteiger partial charge in [0.1, 0.15) is 5.60 Å². The van der Waals surface area contributed by atoms with Crippen molar-refractivity contribution in [1.29, 1.82) is 0 Å². The molecular formula is C9H14O2. The van der Waals surface area contributed by atoms with Crippen LogP contribution in [0.1, 0.15) is 27.7 Å². The summed E-state index contributed by atoms with van der Waals surface area (Å²) in [4.78, 5) is 11.4. The molecule has 0 aliphatic carbocycles. The molecule has 11 heavy (non-hydrogen) atoms. The normalized spacial score (nSPS) is 27.6. The van der Waals surface area contributed by atoms with Gasteiger partial charge in [-0.3, -0.25) is 4.79 Å². The lowest BCUT2D eigenvalue weighted by molar-refractivity contribution is -0.132. The predicted octanol–water partition coefficient (Wildman–Crippen LogP) is 1.70. The molecule has 0 atom stereocenters. The van der Waals surface area contributed by atoms with E-state index in [2.05, 4.69) is 6.58 Å². The fourth-order valence-corrected chi connectivity index (χ4v) is 1.38. The summed E-state index contributed by atoms with van der Waals surface area (Å²) in [6.45, 7) is 11.0. The van der Waals surface area contributed by atoms with E-state index >= 15 is 0 Å². The summed E-state index contributed by atoms with van der Waals surface area (Å²) in [5.74, 6) is 0.0162. The van der Waals surface area contributed by atoms with Crippen molar-refractivity contribution in [3.05, 3.63) is 12.2 Å². The van der Waals surface area contributed by atoms with Gasteiger partial charge in [0.2, 0.25) is 0 Å². The molecule has 1 saturated heterocycles. The Bertz CT molecular complexity index is 200. The third-order valence-electron chi connectivity index (χ3n) is 2.06. The van der Waals surface area contributed by atoms with Crippen molar-refractivity contribution in [2.45, 2.75) is 38.9 Å². The fraction of sp³-hybridized carbons (Fsp3) is 0.667. The molecule has 0 unspecified atom stereocenters. The van der Waals surface area contributed by atoms with E-state index in [1.165, 1.54) is 0 Å². The molecule has 2 heteroatoms. The molecular weight excluding hydrogens is 140 g/mol. The second-order valence-corrected chi connectivity index (χ2v) is 3.93. The average Bonchev–Trinajstić information content (AvgIpc) is 1.91. The van der Waals surface area contributed by atoms with Crippen LogP contribution in [0.25, 0.3) is 0 Å². The third-order valence-corrected chi connectivity index (χ3v) is 2.06. The second-order valence-electron chi connectivity index (χ2n) is 3.93. The highest BCUT2D eigenvalue weighted by molar-refractivity contribution is 6.04. The van der Waals surface area contributed by atoms with Crippen molar-refractivity contribution in [2.75, 3.05) is 0 Å².